The fourth-order valence-corrected chi connectivity index (χ4v) is 2.79. The summed E-state index contributed by atoms with van der Waals surface area (Å²) in [5.74, 6) is -0.0132. The Morgan fingerprint density at radius 3 is 2.80 bits per heavy atom. The zero-order chi connectivity index (χ0) is 14.5. The van der Waals surface area contributed by atoms with Gasteiger partial charge in [-0.3, -0.25) is 4.79 Å². The molecule has 0 saturated heterocycles. The average Bonchev–Trinajstić information content (AvgIpc) is 2.91. The second-order valence-corrected chi connectivity index (χ2v) is 6.07. The number of halogens is 1. The van der Waals surface area contributed by atoms with E-state index in [0.29, 0.717) is 17.3 Å². The second kappa shape index (κ2) is 6.76. The maximum atomic E-state index is 12.1. The molecule has 1 unspecified atom stereocenters. The molecule has 0 bridgehead atoms. The Morgan fingerprint density at radius 1 is 1.45 bits per heavy atom. The van der Waals surface area contributed by atoms with E-state index in [0.717, 1.165) is 17.3 Å². The third kappa shape index (κ3) is 3.73. The van der Waals surface area contributed by atoms with Crippen LogP contribution in [0.5, 0.6) is 0 Å². The monoisotopic (exact) mass is 335 g/mol. The van der Waals surface area contributed by atoms with Gasteiger partial charge in [-0.25, -0.2) is 0 Å². The molecule has 20 heavy (non-hydrogen) atoms. The lowest BCUT2D eigenvalue weighted by Crippen LogP contribution is -2.42. The molecule has 0 aromatic heterocycles. The van der Waals surface area contributed by atoms with Crippen LogP contribution in [0.2, 0.25) is 0 Å². The Bertz CT molecular complexity index is 532. The van der Waals surface area contributed by atoms with Gasteiger partial charge in [0.2, 0.25) is 5.91 Å². The Kier molecular flexibility index (Phi) is 5.02. The molecule has 4 nitrogen and oxygen atoms in total. The van der Waals surface area contributed by atoms with E-state index in [-0.39, 0.29) is 11.9 Å². The van der Waals surface area contributed by atoms with Crippen molar-refractivity contribution in [2.45, 2.75) is 44.7 Å². The third-order valence-electron chi connectivity index (χ3n) is 3.57. The van der Waals surface area contributed by atoms with E-state index in [1.165, 1.54) is 12.8 Å². The molecule has 1 saturated carbocycles. The number of nitrogens with one attached hydrogen (secondary N) is 2. The molecule has 1 fully saturated rings. The molecule has 1 atom stereocenters. The molecule has 2 N–H and O–H groups in total. The molecule has 2 rings (SSSR count). The number of rotatable bonds is 4. The molecule has 0 heterocycles. The van der Waals surface area contributed by atoms with Crippen LogP contribution in [0.15, 0.2) is 22.7 Å². The molecule has 0 aliphatic heterocycles. The standard InChI is InChI=1S/C15H18BrN3O/c1-10(15(20)19-13-4-2-3-5-13)18-14-8-12(16)7-6-11(14)9-17/h6-8,10,13,18H,2-5H2,1H3,(H,19,20). The van der Waals surface area contributed by atoms with Crippen molar-refractivity contribution in [2.24, 2.45) is 0 Å². The Morgan fingerprint density at radius 2 is 2.15 bits per heavy atom. The molecule has 1 aromatic carbocycles. The minimum absolute atomic E-state index is 0.0132. The highest BCUT2D eigenvalue weighted by Gasteiger charge is 2.21. The van der Waals surface area contributed by atoms with E-state index in [4.69, 9.17) is 5.26 Å². The lowest BCUT2D eigenvalue weighted by molar-refractivity contribution is -0.122. The quantitative estimate of drug-likeness (QED) is 0.888. The van der Waals surface area contributed by atoms with E-state index in [1.807, 2.05) is 19.1 Å². The van der Waals surface area contributed by atoms with Gasteiger partial charge in [-0.05, 0) is 38.0 Å². The lowest BCUT2D eigenvalue weighted by Gasteiger charge is -2.19. The van der Waals surface area contributed by atoms with Gasteiger partial charge in [0.25, 0.3) is 0 Å². The van der Waals surface area contributed by atoms with E-state index in [1.54, 1.807) is 6.07 Å². The number of hydrogen-bond acceptors (Lipinski definition) is 3. The topological polar surface area (TPSA) is 64.9 Å². The molecule has 0 radical (unpaired) electrons. The molecule has 106 valence electrons. The highest BCUT2D eigenvalue weighted by atomic mass is 79.9. The minimum Gasteiger partial charge on any atom is -0.373 e. The molecule has 1 amide bonds. The molecule has 0 spiro atoms. The van der Waals surface area contributed by atoms with E-state index in [9.17, 15) is 4.79 Å². The van der Waals surface area contributed by atoms with Gasteiger partial charge in [0.15, 0.2) is 0 Å². The van der Waals surface area contributed by atoms with Crippen molar-refractivity contribution in [2.75, 3.05) is 5.32 Å². The number of carbonyl (C=O) groups excluding carboxylic acids is 1. The summed E-state index contributed by atoms with van der Waals surface area (Å²) in [6.45, 7) is 1.81. The third-order valence-corrected chi connectivity index (χ3v) is 4.06. The fourth-order valence-electron chi connectivity index (χ4n) is 2.43. The van der Waals surface area contributed by atoms with Gasteiger partial charge in [0.1, 0.15) is 12.1 Å². The first kappa shape index (κ1) is 14.9. The first-order valence-electron chi connectivity index (χ1n) is 6.86. The molecular formula is C15H18BrN3O. The number of carbonyl (C=O) groups is 1. The summed E-state index contributed by atoms with van der Waals surface area (Å²) >= 11 is 3.37. The largest absolute Gasteiger partial charge is 0.373 e. The van der Waals surface area contributed by atoms with Gasteiger partial charge < -0.3 is 10.6 Å². The zero-order valence-electron chi connectivity index (χ0n) is 11.4. The maximum Gasteiger partial charge on any atom is 0.242 e. The Labute approximate surface area is 127 Å². The summed E-state index contributed by atoms with van der Waals surface area (Å²) in [5.41, 5.74) is 1.21. The first-order chi connectivity index (χ1) is 9.60. The Hall–Kier alpha value is -1.54. The summed E-state index contributed by atoms with van der Waals surface area (Å²) in [4.78, 5) is 12.1. The molecule has 5 heteroatoms. The lowest BCUT2D eigenvalue weighted by atomic mass is 10.1. The van der Waals surface area contributed by atoms with Crippen LogP contribution in [-0.4, -0.2) is 18.0 Å². The summed E-state index contributed by atoms with van der Waals surface area (Å²) in [6, 6.07) is 7.43. The van der Waals surface area contributed by atoms with Gasteiger partial charge >= 0.3 is 0 Å². The zero-order valence-corrected chi connectivity index (χ0v) is 13.0. The average molecular weight is 336 g/mol. The van der Waals surface area contributed by atoms with Gasteiger partial charge in [-0.1, -0.05) is 28.8 Å². The maximum absolute atomic E-state index is 12.1. The molecule has 1 aromatic rings. The van der Waals surface area contributed by atoms with Crippen molar-refractivity contribution in [1.29, 1.82) is 5.26 Å². The number of amides is 1. The van der Waals surface area contributed by atoms with Crippen LogP contribution in [-0.2, 0) is 4.79 Å². The van der Waals surface area contributed by atoms with Gasteiger partial charge in [-0.2, -0.15) is 5.26 Å². The number of nitrogens with zero attached hydrogens (tertiary/aromatic N) is 1. The second-order valence-electron chi connectivity index (χ2n) is 5.16. The van der Waals surface area contributed by atoms with Crippen molar-refractivity contribution in [3.8, 4) is 6.07 Å². The molecule has 1 aliphatic rings. The summed E-state index contributed by atoms with van der Waals surface area (Å²) in [5, 5.41) is 15.3. The summed E-state index contributed by atoms with van der Waals surface area (Å²) < 4.78 is 0.877. The van der Waals surface area contributed by atoms with Crippen LogP contribution in [0.1, 0.15) is 38.2 Å². The summed E-state index contributed by atoms with van der Waals surface area (Å²) in [6.07, 6.45) is 4.52. The van der Waals surface area contributed by atoms with Crippen molar-refractivity contribution in [3.05, 3.63) is 28.2 Å². The first-order valence-corrected chi connectivity index (χ1v) is 7.66. The minimum atomic E-state index is -0.364. The number of anilines is 1. The van der Waals surface area contributed by atoms with Gasteiger partial charge in [0.05, 0.1) is 11.3 Å². The van der Waals surface area contributed by atoms with E-state index in [2.05, 4.69) is 32.6 Å². The van der Waals surface area contributed by atoms with Crippen molar-refractivity contribution < 1.29 is 4.79 Å². The fraction of sp³-hybridized carbons (Fsp3) is 0.467. The number of nitriles is 1. The van der Waals surface area contributed by atoms with Crippen LogP contribution < -0.4 is 10.6 Å². The van der Waals surface area contributed by atoms with Crippen molar-refractivity contribution in [1.82, 2.24) is 5.32 Å². The number of hydrogen-bond donors (Lipinski definition) is 2. The SMILES string of the molecule is CC(Nc1cc(Br)ccc1C#N)C(=O)NC1CCCC1. The molecular weight excluding hydrogens is 318 g/mol. The predicted octanol–water partition coefficient (Wildman–Crippen LogP) is 3.18. The van der Waals surface area contributed by atoms with Crippen LogP contribution in [0.3, 0.4) is 0 Å². The number of benzene rings is 1. The van der Waals surface area contributed by atoms with Crippen LogP contribution in [0.4, 0.5) is 5.69 Å². The van der Waals surface area contributed by atoms with Gasteiger partial charge in [-0.15, -0.1) is 0 Å². The van der Waals surface area contributed by atoms with Gasteiger partial charge in [0, 0.05) is 10.5 Å². The van der Waals surface area contributed by atoms with Crippen molar-refractivity contribution >= 4 is 27.5 Å². The van der Waals surface area contributed by atoms with Crippen LogP contribution in [0.25, 0.3) is 0 Å². The van der Waals surface area contributed by atoms with E-state index >= 15 is 0 Å². The predicted molar refractivity (Wildman–Crippen MR) is 82.3 cm³/mol. The van der Waals surface area contributed by atoms with Crippen molar-refractivity contribution in [3.63, 3.8) is 0 Å². The molecule has 1 aliphatic carbocycles. The highest BCUT2D eigenvalue weighted by molar-refractivity contribution is 9.10. The smallest absolute Gasteiger partial charge is 0.242 e. The normalized spacial score (nSPS) is 16.4. The van der Waals surface area contributed by atoms with Crippen LogP contribution in [0, 0.1) is 11.3 Å². The van der Waals surface area contributed by atoms with E-state index < -0.39 is 0 Å². The summed E-state index contributed by atoms with van der Waals surface area (Å²) in [7, 11) is 0. The Balaban J connectivity index is 2.00. The highest BCUT2D eigenvalue weighted by Crippen LogP contribution is 2.22. The van der Waals surface area contributed by atoms with Crippen LogP contribution >= 0.6 is 15.9 Å².